The zero-order valence-electron chi connectivity index (χ0n) is 12.7. The lowest BCUT2D eigenvalue weighted by Gasteiger charge is -2.11. The smallest absolute Gasteiger partial charge is 0.252 e. The molecule has 2 aromatic rings. The molecule has 0 atom stereocenters. The van der Waals surface area contributed by atoms with Gasteiger partial charge in [0.15, 0.2) is 0 Å². The van der Waals surface area contributed by atoms with Gasteiger partial charge in [-0.25, -0.2) is 0 Å². The summed E-state index contributed by atoms with van der Waals surface area (Å²) in [7, 11) is 0. The normalized spacial score (nSPS) is 10.2. The number of nitrogens with zero attached hydrogens (tertiary/aromatic N) is 1. The summed E-state index contributed by atoms with van der Waals surface area (Å²) in [6.45, 7) is 6.80. The first-order valence-electron chi connectivity index (χ1n) is 7.17. The molecule has 0 bridgehead atoms. The Bertz CT molecular complexity index is 638. The molecule has 0 aliphatic rings. The second-order valence-electron chi connectivity index (χ2n) is 5.16. The number of hydrogen-bond acceptors (Lipinski definition) is 3. The van der Waals surface area contributed by atoms with Crippen LogP contribution in [0.3, 0.4) is 0 Å². The number of anilines is 2. The molecule has 2 rings (SSSR count). The van der Waals surface area contributed by atoms with Gasteiger partial charge < -0.3 is 10.6 Å². The fourth-order valence-electron chi connectivity index (χ4n) is 2.00. The van der Waals surface area contributed by atoms with Gasteiger partial charge in [0.25, 0.3) is 5.91 Å². The lowest BCUT2D eigenvalue weighted by Crippen LogP contribution is -2.24. The number of carbonyl (C=O) groups excluding carboxylic acids is 1. The SMILES string of the molecule is CCCNC(=O)c1cncc(Nc2cc(C)ccc2C)c1. The summed E-state index contributed by atoms with van der Waals surface area (Å²) in [4.78, 5) is 16.1. The third-order valence-corrected chi connectivity index (χ3v) is 3.21. The number of aromatic nitrogens is 1. The summed E-state index contributed by atoms with van der Waals surface area (Å²) in [5.41, 5.74) is 4.75. The molecule has 0 saturated heterocycles. The molecule has 4 heteroatoms. The summed E-state index contributed by atoms with van der Waals surface area (Å²) in [5, 5.41) is 6.18. The van der Waals surface area contributed by atoms with E-state index in [0.29, 0.717) is 12.1 Å². The van der Waals surface area contributed by atoms with Gasteiger partial charge in [-0.3, -0.25) is 9.78 Å². The highest BCUT2D eigenvalue weighted by atomic mass is 16.1. The van der Waals surface area contributed by atoms with Gasteiger partial charge in [-0.15, -0.1) is 0 Å². The van der Waals surface area contributed by atoms with Gasteiger partial charge in [0, 0.05) is 18.4 Å². The average Bonchev–Trinajstić information content (AvgIpc) is 2.49. The van der Waals surface area contributed by atoms with E-state index in [4.69, 9.17) is 0 Å². The van der Waals surface area contributed by atoms with Crippen LogP contribution in [0.4, 0.5) is 11.4 Å². The molecule has 1 amide bonds. The average molecular weight is 283 g/mol. The molecule has 0 aliphatic carbocycles. The van der Waals surface area contributed by atoms with Crippen molar-refractivity contribution in [3.8, 4) is 0 Å². The van der Waals surface area contributed by atoms with Crippen LogP contribution in [-0.4, -0.2) is 17.4 Å². The van der Waals surface area contributed by atoms with Crippen LogP contribution in [0.2, 0.25) is 0 Å². The predicted octanol–water partition coefficient (Wildman–Crippen LogP) is 3.58. The third kappa shape index (κ3) is 4.05. The topological polar surface area (TPSA) is 54.0 Å². The van der Waals surface area contributed by atoms with Crippen LogP contribution in [-0.2, 0) is 0 Å². The van der Waals surface area contributed by atoms with Gasteiger partial charge in [-0.2, -0.15) is 0 Å². The van der Waals surface area contributed by atoms with Gasteiger partial charge in [0.05, 0.1) is 17.4 Å². The van der Waals surface area contributed by atoms with Gasteiger partial charge in [0.1, 0.15) is 0 Å². The van der Waals surface area contributed by atoms with E-state index in [1.165, 1.54) is 5.56 Å². The number of nitrogens with one attached hydrogen (secondary N) is 2. The lowest BCUT2D eigenvalue weighted by molar-refractivity contribution is 0.0953. The quantitative estimate of drug-likeness (QED) is 0.881. The molecular weight excluding hydrogens is 262 g/mol. The predicted molar refractivity (Wildman–Crippen MR) is 86.1 cm³/mol. The van der Waals surface area contributed by atoms with Crippen molar-refractivity contribution in [2.24, 2.45) is 0 Å². The number of carbonyl (C=O) groups is 1. The minimum absolute atomic E-state index is 0.0889. The molecule has 0 fully saturated rings. The summed E-state index contributed by atoms with van der Waals surface area (Å²) in [6.07, 6.45) is 4.22. The minimum atomic E-state index is -0.0889. The number of aryl methyl sites for hydroxylation is 2. The second-order valence-corrected chi connectivity index (χ2v) is 5.16. The van der Waals surface area contributed by atoms with E-state index in [2.05, 4.69) is 40.7 Å². The highest BCUT2D eigenvalue weighted by molar-refractivity contribution is 5.94. The molecule has 1 heterocycles. The highest BCUT2D eigenvalue weighted by Crippen LogP contribution is 2.21. The van der Waals surface area contributed by atoms with Crippen molar-refractivity contribution in [3.63, 3.8) is 0 Å². The van der Waals surface area contributed by atoms with E-state index < -0.39 is 0 Å². The zero-order chi connectivity index (χ0) is 15.2. The van der Waals surface area contributed by atoms with Crippen LogP contribution in [0, 0.1) is 13.8 Å². The molecular formula is C17H21N3O. The van der Waals surface area contributed by atoms with Crippen molar-refractivity contribution in [1.29, 1.82) is 0 Å². The molecule has 1 aromatic heterocycles. The van der Waals surface area contributed by atoms with Crippen LogP contribution >= 0.6 is 0 Å². The highest BCUT2D eigenvalue weighted by Gasteiger charge is 2.07. The minimum Gasteiger partial charge on any atom is -0.354 e. The Hall–Kier alpha value is -2.36. The van der Waals surface area contributed by atoms with E-state index in [1.807, 2.05) is 19.9 Å². The molecule has 2 N–H and O–H groups in total. The van der Waals surface area contributed by atoms with Crippen LogP contribution < -0.4 is 10.6 Å². The van der Waals surface area contributed by atoms with E-state index >= 15 is 0 Å². The van der Waals surface area contributed by atoms with Gasteiger partial charge in [-0.05, 0) is 43.5 Å². The molecule has 0 spiro atoms. The third-order valence-electron chi connectivity index (χ3n) is 3.21. The molecule has 0 radical (unpaired) electrons. The maximum absolute atomic E-state index is 12.0. The molecule has 21 heavy (non-hydrogen) atoms. The van der Waals surface area contributed by atoms with Crippen molar-refractivity contribution in [1.82, 2.24) is 10.3 Å². The maximum atomic E-state index is 12.0. The largest absolute Gasteiger partial charge is 0.354 e. The van der Waals surface area contributed by atoms with Crippen molar-refractivity contribution in [2.75, 3.05) is 11.9 Å². The number of amides is 1. The lowest BCUT2D eigenvalue weighted by atomic mass is 10.1. The van der Waals surface area contributed by atoms with E-state index in [0.717, 1.165) is 23.4 Å². The van der Waals surface area contributed by atoms with Crippen molar-refractivity contribution < 1.29 is 4.79 Å². The molecule has 4 nitrogen and oxygen atoms in total. The zero-order valence-corrected chi connectivity index (χ0v) is 12.7. The summed E-state index contributed by atoms with van der Waals surface area (Å²) in [5.74, 6) is -0.0889. The number of hydrogen-bond donors (Lipinski definition) is 2. The Morgan fingerprint density at radius 1 is 1.19 bits per heavy atom. The van der Waals surface area contributed by atoms with Gasteiger partial charge >= 0.3 is 0 Å². The molecule has 0 unspecified atom stereocenters. The molecule has 1 aromatic carbocycles. The van der Waals surface area contributed by atoms with Crippen LogP contribution in [0.1, 0.15) is 34.8 Å². The molecule has 0 aliphatic heterocycles. The Morgan fingerprint density at radius 2 is 2.00 bits per heavy atom. The first-order valence-corrected chi connectivity index (χ1v) is 7.17. The summed E-state index contributed by atoms with van der Waals surface area (Å²) >= 11 is 0. The standard InChI is InChI=1S/C17H21N3O/c1-4-7-19-17(21)14-9-15(11-18-10-14)20-16-8-12(2)5-6-13(16)3/h5-6,8-11,20H,4,7H2,1-3H3,(H,19,21). The fraction of sp³-hybridized carbons (Fsp3) is 0.294. The van der Waals surface area contributed by atoms with Crippen LogP contribution in [0.25, 0.3) is 0 Å². The van der Waals surface area contributed by atoms with Crippen molar-refractivity contribution in [2.45, 2.75) is 27.2 Å². The number of pyridine rings is 1. The maximum Gasteiger partial charge on any atom is 0.252 e. The monoisotopic (exact) mass is 283 g/mol. The Kier molecular flexibility index (Phi) is 4.93. The summed E-state index contributed by atoms with van der Waals surface area (Å²) < 4.78 is 0. The molecule has 110 valence electrons. The first kappa shape index (κ1) is 15.0. The Balaban J connectivity index is 2.17. The molecule has 0 saturated carbocycles. The van der Waals surface area contributed by atoms with E-state index in [9.17, 15) is 4.79 Å². The van der Waals surface area contributed by atoms with Crippen molar-refractivity contribution in [3.05, 3.63) is 53.3 Å². The van der Waals surface area contributed by atoms with Crippen LogP contribution in [0.15, 0.2) is 36.7 Å². The Labute approximate surface area is 125 Å². The number of benzene rings is 1. The van der Waals surface area contributed by atoms with Crippen molar-refractivity contribution >= 4 is 17.3 Å². The fourth-order valence-corrected chi connectivity index (χ4v) is 2.00. The van der Waals surface area contributed by atoms with Gasteiger partial charge in [0.2, 0.25) is 0 Å². The van der Waals surface area contributed by atoms with E-state index in [-0.39, 0.29) is 5.91 Å². The van der Waals surface area contributed by atoms with Gasteiger partial charge in [-0.1, -0.05) is 19.1 Å². The summed E-state index contributed by atoms with van der Waals surface area (Å²) in [6, 6.07) is 8.05. The van der Waals surface area contributed by atoms with E-state index in [1.54, 1.807) is 12.4 Å². The number of rotatable bonds is 5. The second kappa shape index (κ2) is 6.88. The van der Waals surface area contributed by atoms with Crippen LogP contribution in [0.5, 0.6) is 0 Å². The Morgan fingerprint density at radius 3 is 2.76 bits per heavy atom. The first-order chi connectivity index (χ1) is 10.1.